The Hall–Kier alpha value is -1.48. The number of benzene rings is 1. The summed E-state index contributed by atoms with van der Waals surface area (Å²) in [6.07, 6.45) is 2.04. The van der Waals surface area contributed by atoms with Gasteiger partial charge in [-0.2, -0.15) is 0 Å². The van der Waals surface area contributed by atoms with Gasteiger partial charge in [0.15, 0.2) is 0 Å². The minimum Gasteiger partial charge on any atom is -0.495 e. The van der Waals surface area contributed by atoms with Gasteiger partial charge in [-0.1, -0.05) is 6.07 Å². The van der Waals surface area contributed by atoms with Crippen LogP contribution in [-0.2, 0) is 6.42 Å². The molecule has 3 heteroatoms. The van der Waals surface area contributed by atoms with Gasteiger partial charge in [0.2, 0.25) is 0 Å². The van der Waals surface area contributed by atoms with E-state index >= 15 is 0 Å². The zero-order valence-electron chi connectivity index (χ0n) is 10.8. The first kappa shape index (κ1) is 12.0. The van der Waals surface area contributed by atoms with Gasteiger partial charge < -0.3 is 15.5 Å². The van der Waals surface area contributed by atoms with Crippen molar-refractivity contribution >= 4 is 10.9 Å². The SMILES string of the molecule is COc1ccc(C)c2c(CCCN)c(C)[nH]c12. The lowest BCUT2D eigenvalue weighted by molar-refractivity contribution is 0.419. The van der Waals surface area contributed by atoms with Crippen molar-refractivity contribution in [2.75, 3.05) is 13.7 Å². The van der Waals surface area contributed by atoms with Gasteiger partial charge in [0, 0.05) is 11.1 Å². The standard InChI is InChI=1S/C14H20N2O/c1-9-6-7-12(17-3)14-13(9)11(5-4-8-15)10(2)16-14/h6-7,16H,4-5,8,15H2,1-3H3. The minimum atomic E-state index is 0.731. The smallest absolute Gasteiger partial charge is 0.142 e. The zero-order chi connectivity index (χ0) is 12.4. The highest BCUT2D eigenvalue weighted by Crippen LogP contribution is 2.32. The molecule has 0 unspecified atom stereocenters. The van der Waals surface area contributed by atoms with Crippen molar-refractivity contribution in [1.82, 2.24) is 4.98 Å². The highest BCUT2D eigenvalue weighted by molar-refractivity contribution is 5.92. The predicted molar refractivity (Wildman–Crippen MR) is 71.7 cm³/mol. The minimum absolute atomic E-state index is 0.731. The maximum atomic E-state index is 5.60. The van der Waals surface area contributed by atoms with Crippen LogP contribution in [0.2, 0.25) is 0 Å². The number of aromatic amines is 1. The van der Waals surface area contributed by atoms with E-state index in [4.69, 9.17) is 10.5 Å². The molecule has 0 radical (unpaired) electrons. The van der Waals surface area contributed by atoms with E-state index in [0.29, 0.717) is 0 Å². The number of nitrogens with one attached hydrogen (secondary N) is 1. The summed E-state index contributed by atoms with van der Waals surface area (Å²) in [7, 11) is 1.71. The monoisotopic (exact) mass is 232 g/mol. The van der Waals surface area contributed by atoms with Crippen LogP contribution < -0.4 is 10.5 Å². The molecule has 1 aromatic carbocycles. The van der Waals surface area contributed by atoms with Gasteiger partial charge in [0.05, 0.1) is 12.6 Å². The molecule has 0 saturated carbocycles. The van der Waals surface area contributed by atoms with E-state index in [9.17, 15) is 0 Å². The molecule has 1 aromatic heterocycles. The third-order valence-electron chi connectivity index (χ3n) is 3.29. The van der Waals surface area contributed by atoms with Crippen molar-refractivity contribution in [3.63, 3.8) is 0 Å². The molecular formula is C14H20N2O. The van der Waals surface area contributed by atoms with Gasteiger partial charge in [0.1, 0.15) is 5.75 Å². The summed E-state index contributed by atoms with van der Waals surface area (Å²) in [5, 5.41) is 1.30. The lowest BCUT2D eigenvalue weighted by atomic mass is 10.0. The fourth-order valence-corrected chi connectivity index (χ4v) is 2.41. The highest BCUT2D eigenvalue weighted by Gasteiger charge is 2.13. The van der Waals surface area contributed by atoms with Gasteiger partial charge in [-0.15, -0.1) is 0 Å². The molecule has 17 heavy (non-hydrogen) atoms. The fraction of sp³-hybridized carbons (Fsp3) is 0.429. The summed E-state index contributed by atoms with van der Waals surface area (Å²) in [5.41, 5.74) is 10.6. The van der Waals surface area contributed by atoms with Crippen molar-refractivity contribution < 1.29 is 4.74 Å². The zero-order valence-corrected chi connectivity index (χ0v) is 10.8. The average Bonchev–Trinajstić information content (AvgIpc) is 2.65. The Morgan fingerprint density at radius 3 is 2.71 bits per heavy atom. The first-order valence-corrected chi connectivity index (χ1v) is 6.03. The van der Waals surface area contributed by atoms with E-state index in [2.05, 4.69) is 24.9 Å². The molecular weight excluding hydrogens is 212 g/mol. The molecule has 3 N–H and O–H groups in total. The molecule has 0 spiro atoms. The van der Waals surface area contributed by atoms with Gasteiger partial charge in [-0.05, 0) is 50.4 Å². The van der Waals surface area contributed by atoms with Crippen LogP contribution in [0.3, 0.4) is 0 Å². The van der Waals surface area contributed by atoms with Gasteiger partial charge in [0.25, 0.3) is 0 Å². The van der Waals surface area contributed by atoms with E-state index in [1.165, 1.54) is 22.2 Å². The molecule has 0 atom stereocenters. The molecule has 3 nitrogen and oxygen atoms in total. The Morgan fingerprint density at radius 1 is 1.29 bits per heavy atom. The van der Waals surface area contributed by atoms with Crippen molar-refractivity contribution in [3.05, 3.63) is 29.0 Å². The van der Waals surface area contributed by atoms with Crippen LogP contribution in [-0.4, -0.2) is 18.6 Å². The Bertz CT molecular complexity index is 528. The predicted octanol–water partition coefficient (Wildman–Crippen LogP) is 2.68. The van der Waals surface area contributed by atoms with Crippen LogP contribution in [0.25, 0.3) is 10.9 Å². The van der Waals surface area contributed by atoms with Crippen molar-refractivity contribution in [3.8, 4) is 5.75 Å². The number of hydrogen-bond acceptors (Lipinski definition) is 2. The third kappa shape index (κ3) is 2.03. The number of fused-ring (bicyclic) bond motifs is 1. The van der Waals surface area contributed by atoms with Crippen molar-refractivity contribution in [2.24, 2.45) is 5.73 Å². The molecule has 0 aliphatic rings. The molecule has 0 aliphatic carbocycles. The number of H-pyrrole nitrogens is 1. The summed E-state index contributed by atoms with van der Waals surface area (Å²) < 4.78 is 5.40. The van der Waals surface area contributed by atoms with Crippen LogP contribution in [0, 0.1) is 13.8 Å². The quantitative estimate of drug-likeness (QED) is 0.851. The number of rotatable bonds is 4. The molecule has 2 rings (SSSR count). The Labute approximate surface area is 102 Å². The third-order valence-corrected chi connectivity index (χ3v) is 3.29. The number of aryl methyl sites for hydroxylation is 3. The Kier molecular flexibility index (Phi) is 3.38. The number of methoxy groups -OCH3 is 1. The molecule has 0 saturated heterocycles. The van der Waals surface area contributed by atoms with Crippen LogP contribution in [0.4, 0.5) is 0 Å². The molecule has 0 amide bonds. The van der Waals surface area contributed by atoms with Crippen LogP contribution in [0.1, 0.15) is 23.2 Å². The first-order valence-electron chi connectivity index (χ1n) is 6.03. The Balaban J connectivity index is 2.63. The second-order valence-electron chi connectivity index (χ2n) is 4.46. The number of nitrogens with two attached hydrogens (primary N) is 1. The van der Waals surface area contributed by atoms with Gasteiger partial charge in [-0.25, -0.2) is 0 Å². The highest BCUT2D eigenvalue weighted by atomic mass is 16.5. The number of hydrogen-bond donors (Lipinski definition) is 2. The summed E-state index contributed by atoms with van der Waals surface area (Å²) in [6.45, 7) is 4.99. The molecule has 2 aromatic rings. The summed E-state index contributed by atoms with van der Waals surface area (Å²) >= 11 is 0. The first-order chi connectivity index (χ1) is 8.19. The molecule has 92 valence electrons. The van der Waals surface area contributed by atoms with Gasteiger partial charge in [-0.3, -0.25) is 0 Å². The Morgan fingerprint density at radius 2 is 2.06 bits per heavy atom. The van der Waals surface area contributed by atoms with Crippen LogP contribution >= 0.6 is 0 Å². The maximum absolute atomic E-state index is 5.60. The second-order valence-corrected chi connectivity index (χ2v) is 4.46. The summed E-state index contributed by atoms with van der Waals surface area (Å²) in [4.78, 5) is 3.43. The molecule has 0 aliphatic heterocycles. The molecule has 0 fully saturated rings. The van der Waals surface area contributed by atoms with E-state index in [1.54, 1.807) is 7.11 Å². The maximum Gasteiger partial charge on any atom is 0.142 e. The van der Waals surface area contributed by atoms with Crippen molar-refractivity contribution in [2.45, 2.75) is 26.7 Å². The van der Waals surface area contributed by atoms with Crippen LogP contribution in [0.5, 0.6) is 5.75 Å². The fourth-order valence-electron chi connectivity index (χ4n) is 2.41. The summed E-state index contributed by atoms with van der Waals surface area (Å²) in [6, 6.07) is 4.13. The van der Waals surface area contributed by atoms with Crippen LogP contribution in [0.15, 0.2) is 12.1 Å². The van der Waals surface area contributed by atoms with E-state index in [-0.39, 0.29) is 0 Å². The average molecular weight is 232 g/mol. The normalized spacial score (nSPS) is 11.1. The summed E-state index contributed by atoms with van der Waals surface area (Å²) in [5.74, 6) is 0.910. The lowest BCUT2D eigenvalue weighted by Crippen LogP contribution is -2.01. The van der Waals surface area contributed by atoms with Crippen molar-refractivity contribution in [1.29, 1.82) is 0 Å². The lowest BCUT2D eigenvalue weighted by Gasteiger charge is -2.05. The second kappa shape index (κ2) is 4.80. The van der Waals surface area contributed by atoms with E-state index < -0.39 is 0 Å². The topological polar surface area (TPSA) is 51.0 Å². The largest absolute Gasteiger partial charge is 0.495 e. The van der Waals surface area contributed by atoms with E-state index in [1.807, 2.05) is 6.07 Å². The molecule has 1 heterocycles. The molecule has 0 bridgehead atoms. The number of aromatic nitrogens is 1. The van der Waals surface area contributed by atoms with E-state index in [0.717, 1.165) is 30.7 Å². The van der Waals surface area contributed by atoms with Gasteiger partial charge >= 0.3 is 0 Å². The number of ether oxygens (including phenoxy) is 1.